The van der Waals surface area contributed by atoms with Gasteiger partial charge in [0.25, 0.3) is 0 Å². The number of halogens is 1. The number of hydrogen-bond donors (Lipinski definition) is 2. The van der Waals surface area contributed by atoms with Crippen molar-refractivity contribution >= 4 is 0 Å². The van der Waals surface area contributed by atoms with Crippen molar-refractivity contribution in [2.24, 2.45) is 0 Å². The van der Waals surface area contributed by atoms with Crippen LogP contribution in [0.5, 0.6) is 5.75 Å². The molecule has 72 valence electrons. The molecule has 0 atom stereocenters. The van der Waals surface area contributed by atoms with Crippen LogP contribution < -0.4 is 0 Å². The van der Waals surface area contributed by atoms with E-state index in [1.54, 1.807) is 6.07 Å². The topological polar surface area (TPSA) is 48.9 Å². The van der Waals surface area contributed by atoms with Crippen LogP contribution in [0.25, 0.3) is 11.3 Å². The van der Waals surface area contributed by atoms with Gasteiger partial charge >= 0.3 is 0 Å². The average molecular weight is 192 g/mol. The molecular weight excluding hydrogens is 183 g/mol. The summed E-state index contributed by atoms with van der Waals surface area (Å²) in [5, 5.41) is 15.9. The van der Waals surface area contributed by atoms with Gasteiger partial charge in [-0.3, -0.25) is 5.10 Å². The van der Waals surface area contributed by atoms with E-state index in [4.69, 9.17) is 5.11 Å². The summed E-state index contributed by atoms with van der Waals surface area (Å²) in [6.45, 7) is 1.87. The zero-order valence-electron chi connectivity index (χ0n) is 7.58. The molecule has 0 saturated carbocycles. The van der Waals surface area contributed by atoms with E-state index in [0.29, 0.717) is 11.3 Å². The molecule has 3 nitrogen and oxygen atoms in total. The van der Waals surface area contributed by atoms with Gasteiger partial charge in [-0.2, -0.15) is 5.10 Å². The molecule has 14 heavy (non-hydrogen) atoms. The molecule has 4 heteroatoms. The number of rotatable bonds is 1. The standard InChI is InChI=1S/C10H9FN2O/c1-6-4-9(13-12-6)7-2-3-8(11)10(14)5-7/h2-5,14H,1H3,(H,12,13). The normalized spacial score (nSPS) is 10.4. The molecule has 2 aromatic rings. The lowest BCUT2D eigenvalue weighted by Gasteiger charge is -1.98. The van der Waals surface area contributed by atoms with Crippen LogP contribution in [-0.2, 0) is 0 Å². The van der Waals surface area contributed by atoms with E-state index in [0.717, 1.165) is 5.69 Å². The molecule has 0 amide bonds. The lowest BCUT2D eigenvalue weighted by Crippen LogP contribution is -1.80. The molecule has 0 fully saturated rings. The molecule has 1 aromatic heterocycles. The Morgan fingerprint density at radius 2 is 2.14 bits per heavy atom. The molecule has 0 saturated heterocycles. The Balaban J connectivity index is 2.47. The van der Waals surface area contributed by atoms with Crippen molar-refractivity contribution < 1.29 is 9.50 Å². The Morgan fingerprint density at radius 1 is 1.36 bits per heavy atom. The zero-order chi connectivity index (χ0) is 10.1. The number of nitrogens with one attached hydrogen (secondary N) is 1. The number of phenols is 1. The van der Waals surface area contributed by atoms with Gasteiger partial charge in [-0.1, -0.05) is 0 Å². The first-order chi connectivity index (χ1) is 6.66. The van der Waals surface area contributed by atoms with Crippen LogP contribution in [0.2, 0.25) is 0 Å². The molecule has 1 heterocycles. The van der Waals surface area contributed by atoms with Gasteiger partial charge in [0.05, 0.1) is 5.69 Å². The smallest absolute Gasteiger partial charge is 0.164 e. The van der Waals surface area contributed by atoms with E-state index < -0.39 is 5.82 Å². The van der Waals surface area contributed by atoms with Crippen LogP contribution >= 0.6 is 0 Å². The van der Waals surface area contributed by atoms with Gasteiger partial charge in [0.2, 0.25) is 0 Å². The maximum absolute atomic E-state index is 12.7. The number of aryl methyl sites for hydroxylation is 1. The van der Waals surface area contributed by atoms with E-state index in [2.05, 4.69) is 10.2 Å². The molecule has 0 aliphatic heterocycles. The first-order valence-corrected chi connectivity index (χ1v) is 4.18. The summed E-state index contributed by atoms with van der Waals surface area (Å²) in [6.07, 6.45) is 0. The Morgan fingerprint density at radius 3 is 2.71 bits per heavy atom. The molecule has 0 aliphatic carbocycles. The quantitative estimate of drug-likeness (QED) is 0.727. The fourth-order valence-electron chi connectivity index (χ4n) is 1.24. The van der Waals surface area contributed by atoms with E-state index in [1.165, 1.54) is 12.1 Å². The first-order valence-electron chi connectivity index (χ1n) is 4.18. The van der Waals surface area contributed by atoms with Crippen LogP contribution in [-0.4, -0.2) is 15.3 Å². The number of nitrogens with zero attached hydrogens (tertiary/aromatic N) is 1. The number of benzene rings is 1. The van der Waals surface area contributed by atoms with Crippen molar-refractivity contribution in [3.05, 3.63) is 35.8 Å². The van der Waals surface area contributed by atoms with E-state index in [-0.39, 0.29) is 5.75 Å². The predicted molar refractivity (Wildman–Crippen MR) is 50.4 cm³/mol. The van der Waals surface area contributed by atoms with E-state index in [9.17, 15) is 4.39 Å². The van der Waals surface area contributed by atoms with Gasteiger partial charge in [-0.05, 0) is 31.2 Å². The van der Waals surface area contributed by atoms with Crippen molar-refractivity contribution in [2.45, 2.75) is 6.92 Å². The second kappa shape index (κ2) is 3.14. The number of hydrogen-bond acceptors (Lipinski definition) is 2. The molecule has 1 aromatic carbocycles. The highest BCUT2D eigenvalue weighted by atomic mass is 19.1. The fourth-order valence-corrected chi connectivity index (χ4v) is 1.24. The minimum absolute atomic E-state index is 0.358. The van der Waals surface area contributed by atoms with Gasteiger partial charge in [0.1, 0.15) is 0 Å². The monoisotopic (exact) mass is 192 g/mol. The van der Waals surface area contributed by atoms with Crippen molar-refractivity contribution in [2.75, 3.05) is 0 Å². The minimum Gasteiger partial charge on any atom is -0.505 e. The summed E-state index contributed by atoms with van der Waals surface area (Å²) in [6, 6.07) is 5.97. The second-order valence-corrected chi connectivity index (χ2v) is 3.10. The van der Waals surface area contributed by atoms with Gasteiger partial charge in [-0.25, -0.2) is 4.39 Å². The van der Waals surface area contributed by atoms with E-state index in [1.807, 2.05) is 13.0 Å². The Kier molecular flexibility index (Phi) is 1.96. The third kappa shape index (κ3) is 1.46. The Bertz CT molecular complexity index is 465. The zero-order valence-corrected chi connectivity index (χ0v) is 7.58. The van der Waals surface area contributed by atoms with Gasteiger partial charge in [0.15, 0.2) is 11.6 Å². The van der Waals surface area contributed by atoms with Crippen LogP contribution in [0, 0.1) is 12.7 Å². The highest BCUT2D eigenvalue weighted by molar-refractivity contribution is 5.61. The number of phenolic OH excluding ortho intramolecular Hbond substituents is 1. The average Bonchev–Trinajstić information content (AvgIpc) is 2.57. The molecule has 2 N–H and O–H groups in total. The highest BCUT2D eigenvalue weighted by Crippen LogP contribution is 2.24. The number of aromatic amines is 1. The summed E-state index contributed by atoms with van der Waals surface area (Å²) < 4.78 is 12.7. The molecular formula is C10H9FN2O. The summed E-state index contributed by atoms with van der Waals surface area (Å²) >= 11 is 0. The van der Waals surface area contributed by atoms with Crippen LogP contribution in [0.1, 0.15) is 5.69 Å². The molecule has 0 radical (unpaired) electrons. The second-order valence-electron chi connectivity index (χ2n) is 3.10. The number of aromatic nitrogens is 2. The van der Waals surface area contributed by atoms with E-state index >= 15 is 0 Å². The van der Waals surface area contributed by atoms with Gasteiger partial charge < -0.3 is 5.11 Å². The first kappa shape index (κ1) is 8.74. The molecule has 0 unspecified atom stereocenters. The summed E-state index contributed by atoms with van der Waals surface area (Å²) in [4.78, 5) is 0. The highest BCUT2D eigenvalue weighted by Gasteiger charge is 2.05. The lowest BCUT2D eigenvalue weighted by molar-refractivity contribution is 0.432. The summed E-state index contributed by atoms with van der Waals surface area (Å²) in [7, 11) is 0. The maximum Gasteiger partial charge on any atom is 0.164 e. The fraction of sp³-hybridized carbons (Fsp3) is 0.100. The molecule has 0 aliphatic rings. The Hall–Kier alpha value is -1.84. The van der Waals surface area contributed by atoms with Crippen LogP contribution in [0.4, 0.5) is 4.39 Å². The van der Waals surface area contributed by atoms with Gasteiger partial charge in [0, 0.05) is 11.3 Å². The van der Waals surface area contributed by atoms with Crippen molar-refractivity contribution in [1.82, 2.24) is 10.2 Å². The molecule has 0 bridgehead atoms. The maximum atomic E-state index is 12.7. The van der Waals surface area contributed by atoms with Crippen molar-refractivity contribution in [3.8, 4) is 17.0 Å². The predicted octanol–water partition coefficient (Wildman–Crippen LogP) is 2.23. The third-order valence-electron chi connectivity index (χ3n) is 1.95. The lowest BCUT2D eigenvalue weighted by atomic mass is 10.1. The largest absolute Gasteiger partial charge is 0.505 e. The van der Waals surface area contributed by atoms with Crippen molar-refractivity contribution in [1.29, 1.82) is 0 Å². The molecule has 0 spiro atoms. The van der Waals surface area contributed by atoms with Crippen molar-refractivity contribution in [3.63, 3.8) is 0 Å². The van der Waals surface area contributed by atoms with Gasteiger partial charge in [-0.15, -0.1) is 0 Å². The minimum atomic E-state index is -0.624. The third-order valence-corrected chi connectivity index (χ3v) is 1.95. The Labute approximate surface area is 80.2 Å². The number of H-pyrrole nitrogens is 1. The number of aromatic hydroxyl groups is 1. The van der Waals surface area contributed by atoms with Crippen LogP contribution in [0.3, 0.4) is 0 Å². The SMILES string of the molecule is Cc1cc(-c2ccc(F)c(O)c2)n[nH]1. The molecule has 2 rings (SSSR count). The summed E-state index contributed by atoms with van der Waals surface area (Å²) in [5.41, 5.74) is 2.30. The van der Waals surface area contributed by atoms with Crippen LogP contribution in [0.15, 0.2) is 24.3 Å². The summed E-state index contributed by atoms with van der Waals surface area (Å²) in [5.74, 6) is -0.982.